The van der Waals surface area contributed by atoms with Gasteiger partial charge < -0.3 is 5.32 Å². The third kappa shape index (κ3) is 9.93. The summed E-state index contributed by atoms with van der Waals surface area (Å²) in [5, 5.41) is 3.44. The van der Waals surface area contributed by atoms with Crippen LogP contribution >= 0.6 is 0 Å². The van der Waals surface area contributed by atoms with Crippen LogP contribution in [0.4, 0.5) is 0 Å². The number of rotatable bonds is 4. The Kier molecular flexibility index (Phi) is 14.6. The van der Waals surface area contributed by atoms with Crippen molar-refractivity contribution in [3.63, 3.8) is 0 Å². The molecule has 0 radical (unpaired) electrons. The van der Waals surface area contributed by atoms with Crippen LogP contribution in [0.1, 0.15) is 52.7 Å². The van der Waals surface area contributed by atoms with Crippen molar-refractivity contribution < 1.29 is 0 Å². The van der Waals surface area contributed by atoms with Gasteiger partial charge in [-0.15, -0.1) is 12.3 Å². The van der Waals surface area contributed by atoms with E-state index in [1.807, 2.05) is 13.8 Å². The third-order valence-corrected chi connectivity index (χ3v) is 2.20. The molecule has 1 N–H and O–H groups in total. The summed E-state index contributed by atoms with van der Waals surface area (Å²) >= 11 is 0. The molecule has 0 spiro atoms. The van der Waals surface area contributed by atoms with Gasteiger partial charge in [0.25, 0.3) is 0 Å². The first kappa shape index (κ1) is 19.1. The molecule has 1 nitrogen and oxygen atoms in total. The summed E-state index contributed by atoms with van der Waals surface area (Å²) < 4.78 is 0. The third-order valence-electron chi connectivity index (χ3n) is 2.20. The zero-order valence-corrected chi connectivity index (χ0v) is 12.9. The summed E-state index contributed by atoms with van der Waals surface area (Å²) in [6.07, 6.45) is 5.72. The maximum absolute atomic E-state index is 4.60. The fourth-order valence-corrected chi connectivity index (χ4v) is 1.39. The van der Waals surface area contributed by atoms with Crippen LogP contribution in [0.25, 0.3) is 0 Å². The molecule has 0 heterocycles. The molecule has 1 rings (SSSR count). The van der Waals surface area contributed by atoms with Crippen molar-refractivity contribution in [3.8, 4) is 12.3 Å². The van der Waals surface area contributed by atoms with Gasteiger partial charge in [0.05, 0.1) is 0 Å². The minimum absolute atomic E-state index is 0.560. The Morgan fingerprint density at radius 3 is 2.00 bits per heavy atom. The molecule has 0 unspecified atom stereocenters. The lowest BCUT2D eigenvalue weighted by Gasteiger charge is -2.11. The topological polar surface area (TPSA) is 12.0 Å². The minimum atomic E-state index is 0.560. The van der Waals surface area contributed by atoms with Gasteiger partial charge in [-0.1, -0.05) is 58.9 Å². The predicted octanol–water partition coefficient (Wildman–Crippen LogP) is 4.41. The summed E-state index contributed by atoms with van der Waals surface area (Å²) in [7, 11) is 0. The van der Waals surface area contributed by atoms with Crippen LogP contribution in [0.5, 0.6) is 0 Å². The van der Waals surface area contributed by atoms with Gasteiger partial charge in [-0.05, 0) is 24.5 Å². The molecule has 0 bridgehead atoms. The molecule has 18 heavy (non-hydrogen) atoms. The summed E-state index contributed by atoms with van der Waals surface area (Å²) in [5.74, 6) is 2.25. The van der Waals surface area contributed by atoms with Gasteiger partial charge in [-0.3, -0.25) is 0 Å². The van der Waals surface area contributed by atoms with E-state index in [0.717, 1.165) is 13.0 Å². The normalized spacial score (nSPS) is 8.56. The summed E-state index contributed by atoms with van der Waals surface area (Å²) in [6, 6.07) is 9.18. The van der Waals surface area contributed by atoms with E-state index >= 15 is 0 Å². The Labute approximate surface area is 114 Å². The molecule has 102 valence electrons. The Balaban J connectivity index is 0. The highest BCUT2D eigenvalue weighted by Crippen LogP contribution is 2.08. The van der Waals surface area contributed by atoms with Gasteiger partial charge in [0.15, 0.2) is 0 Å². The molecule has 0 atom stereocenters. The molecule has 0 fully saturated rings. The van der Waals surface area contributed by atoms with Crippen LogP contribution < -0.4 is 5.32 Å². The highest BCUT2D eigenvalue weighted by Gasteiger charge is 1.99. The van der Waals surface area contributed by atoms with E-state index < -0.39 is 0 Å². The summed E-state index contributed by atoms with van der Waals surface area (Å²) in [5.41, 5.74) is 2.88. The van der Waals surface area contributed by atoms with Crippen LogP contribution in [0.15, 0.2) is 24.3 Å². The average Bonchev–Trinajstić information content (AvgIpc) is 2.40. The van der Waals surface area contributed by atoms with E-state index in [1.165, 1.54) is 11.1 Å². The van der Waals surface area contributed by atoms with Gasteiger partial charge in [0.2, 0.25) is 0 Å². The Bertz CT molecular complexity index is 321. The number of aryl methyl sites for hydroxylation is 1. The van der Waals surface area contributed by atoms with Crippen molar-refractivity contribution in [2.75, 3.05) is 0 Å². The molecule has 1 aromatic carbocycles. The van der Waals surface area contributed by atoms with Crippen LogP contribution in [-0.2, 0) is 13.0 Å². The van der Waals surface area contributed by atoms with Crippen LogP contribution in [0.2, 0.25) is 0 Å². The number of hydrogen-bond acceptors (Lipinski definition) is 1. The number of benzene rings is 1. The molecular formula is C17H29N. The lowest BCUT2D eigenvalue weighted by Crippen LogP contribution is -2.22. The van der Waals surface area contributed by atoms with Crippen molar-refractivity contribution in [2.24, 2.45) is 0 Å². The van der Waals surface area contributed by atoms with Crippen molar-refractivity contribution in [3.05, 3.63) is 35.4 Å². The first-order valence-electron chi connectivity index (χ1n) is 6.83. The quantitative estimate of drug-likeness (QED) is 0.777. The second kappa shape index (κ2) is 13.8. The number of nitrogens with one attached hydrogen (secondary N) is 1. The fourth-order valence-electron chi connectivity index (χ4n) is 1.39. The molecule has 0 saturated carbocycles. The van der Waals surface area contributed by atoms with E-state index in [4.69, 9.17) is 0 Å². The van der Waals surface area contributed by atoms with Crippen LogP contribution in [-0.4, -0.2) is 6.04 Å². The van der Waals surface area contributed by atoms with Crippen molar-refractivity contribution in [1.82, 2.24) is 5.32 Å². The maximum atomic E-state index is 4.60. The second-order valence-corrected chi connectivity index (χ2v) is 3.95. The monoisotopic (exact) mass is 247 g/mol. The van der Waals surface area contributed by atoms with E-state index in [2.05, 4.69) is 62.7 Å². The Morgan fingerprint density at radius 1 is 1.17 bits per heavy atom. The average molecular weight is 247 g/mol. The molecular weight excluding hydrogens is 218 g/mol. The van der Waals surface area contributed by atoms with E-state index in [0.29, 0.717) is 6.04 Å². The number of hydrogen-bond donors (Lipinski definition) is 1. The van der Waals surface area contributed by atoms with Gasteiger partial charge in [-0.25, -0.2) is 0 Å². The lowest BCUT2D eigenvalue weighted by molar-refractivity contribution is 0.586. The Hall–Kier alpha value is -1.26. The zero-order valence-electron chi connectivity index (χ0n) is 12.9. The standard InChI is InChI=1S/C12H19N.C3H4.C2H6/c1-4-11-7-5-6-8-12(11)9-13-10(2)3;1-3-2;1-2/h5-8,10,13H,4,9H2,1-3H3;1H,2H3;1-2H3. The fraction of sp³-hybridized carbons (Fsp3) is 0.529. The van der Waals surface area contributed by atoms with E-state index in [1.54, 1.807) is 6.92 Å². The zero-order chi connectivity index (χ0) is 14.4. The second-order valence-electron chi connectivity index (χ2n) is 3.95. The van der Waals surface area contributed by atoms with Gasteiger partial charge in [-0.2, -0.15) is 0 Å². The SMILES string of the molecule is C#CC.CC.CCc1ccccc1CNC(C)C. The van der Waals surface area contributed by atoms with Crippen LogP contribution in [0.3, 0.4) is 0 Å². The van der Waals surface area contributed by atoms with Crippen LogP contribution in [0, 0.1) is 12.3 Å². The minimum Gasteiger partial charge on any atom is -0.310 e. The molecule has 0 amide bonds. The van der Waals surface area contributed by atoms with Crippen molar-refractivity contribution in [1.29, 1.82) is 0 Å². The van der Waals surface area contributed by atoms with E-state index in [-0.39, 0.29) is 0 Å². The number of terminal acetylenes is 1. The van der Waals surface area contributed by atoms with Crippen molar-refractivity contribution >= 4 is 0 Å². The van der Waals surface area contributed by atoms with Gasteiger partial charge in [0.1, 0.15) is 0 Å². The summed E-state index contributed by atoms with van der Waals surface area (Å²) in [4.78, 5) is 0. The van der Waals surface area contributed by atoms with Gasteiger partial charge in [0, 0.05) is 12.6 Å². The molecule has 0 saturated heterocycles. The molecule has 0 aromatic heterocycles. The lowest BCUT2D eigenvalue weighted by atomic mass is 10.1. The van der Waals surface area contributed by atoms with Crippen molar-refractivity contribution in [2.45, 2.75) is 60.5 Å². The van der Waals surface area contributed by atoms with E-state index in [9.17, 15) is 0 Å². The molecule has 1 aromatic rings. The largest absolute Gasteiger partial charge is 0.310 e. The molecule has 0 aliphatic heterocycles. The molecule has 1 heteroatoms. The first-order valence-corrected chi connectivity index (χ1v) is 6.83. The van der Waals surface area contributed by atoms with Gasteiger partial charge >= 0.3 is 0 Å². The summed E-state index contributed by atoms with van der Waals surface area (Å²) in [6.45, 7) is 13.2. The maximum Gasteiger partial charge on any atom is 0.0210 e. The highest BCUT2D eigenvalue weighted by molar-refractivity contribution is 5.26. The molecule has 0 aliphatic rings. The first-order chi connectivity index (χ1) is 8.65. The highest BCUT2D eigenvalue weighted by atomic mass is 14.9. The smallest absolute Gasteiger partial charge is 0.0210 e. The predicted molar refractivity (Wildman–Crippen MR) is 83.7 cm³/mol. The Morgan fingerprint density at radius 2 is 1.61 bits per heavy atom. The molecule has 0 aliphatic carbocycles.